The smallest absolute Gasteiger partial charge is 0.276 e. The predicted octanol–water partition coefficient (Wildman–Crippen LogP) is -1.04. The lowest BCUT2D eigenvalue weighted by molar-refractivity contribution is 0.100. The van der Waals surface area contributed by atoms with E-state index in [1.54, 1.807) is 0 Å². The molecular formula is C10H15N5O2. The van der Waals surface area contributed by atoms with Crippen LogP contribution in [0.4, 0.5) is 11.5 Å². The van der Waals surface area contributed by atoms with Crippen LogP contribution in [-0.4, -0.2) is 41.9 Å². The van der Waals surface area contributed by atoms with Crippen LogP contribution in [-0.2, 0) is 0 Å². The van der Waals surface area contributed by atoms with Gasteiger partial charge in [-0.05, 0) is 0 Å². The summed E-state index contributed by atoms with van der Waals surface area (Å²) in [5.41, 5.74) is 5.31. The summed E-state index contributed by atoms with van der Waals surface area (Å²) in [6.07, 6.45) is 0. The highest BCUT2D eigenvalue weighted by molar-refractivity contribution is 5.91. The van der Waals surface area contributed by atoms with Crippen molar-refractivity contribution in [1.82, 2.24) is 15.3 Å². The highest BCUT2D eigenvalue weighted by Crippen LogP contribution is 2.16. The molecule has 1 aliphatic rings. The fourth-order valence-corrected chi connectivity index (χ4v) is 1.75. The van der Waals surface area contributed by atoms with Gasteiger partial charge >= 0.3 is 0 Å². The first-order chi connectivity index (χ1) is 8.09. The molecule has 0 aromatic carbocycles. The Morgan fingerprint density at radius 1 is 1.41 bits per heavy atom. The maximum Gasteiger partial charge on any atom is 0.276 e. The Morgan fingerprint density at radius 2 is 2.06 bits per heavy atom. The monoisotopic (exact) mass is 237 g/mol. The van der Waals surface area contributed by atoms with Crippen molar-refractivity contribution in [1.29, 1.82) is 0 Å². The molecule has 0 unspecified atom stereocenters. The minimum absolute atomic E-state index is 0.0535. The molecule has 0 atom stereocenters. The molecule has 1 fully saturated rings. The summed E-state index contributed by atoms with van der Waals surface area (Å²) in [6, 6.07) is 0. The standard InChI is InChI=1S/C10H15N5O2/c1-6(16)8-13-9(7(11)10(17)14-8)15-4-2-12-3-5-15/h12H,2-5,11H2,1H3,(H,13,14,17). The minimum atomic E-state index is -0.460. The number of hydrogen-bond donors (Lipinski definition) is 3. The fourth-order valence-electron chi connectivity index (χ4n) is 1.75. The summed E-state index contributed by atoms with van der Waals surface area (Å²) in [6.45, 7) is 4.42. The number of Topliss-reactive ketones (excluding diaryl/α,β-unsaturated/α-hetero) is 1. The van der Waals surface area contributed by atoms with E-state index in [-0.39, 0.29) is 17.3 Å². The van der Waals surface area contributed by atoms with Gasteiger partial charge < -0.3 is 20.9 Å². The number of nitrogen functional groups attached to an aromatic ring is 1. The Morgan fingerprint density at radius 3 is 2.65 bits per heavy atom. The van der Waals surface area contributed by atoms with Crippen LogP contribution in [0.1, 0.15) is 17.5 Å². The number of aromatic amines is 1. The summed E-state index contributed by atoms with van der Waals surface area (Å²) in [7, 11) is 0. The second-order valence-corrected chi connectivity index (χ2v) is 3.95. The lowest BCUT2D eigenvalue weighted by atomic mass is 10.3. The van der Waals surface area contributed by atoms with Crippen LogP contribution in [0.25, 0.3) is 0 Å². The Balaban J connectivity index is 2.44. The van der Waals surface area contributed by atoms with Crippen LogP contribution in [0.2, 0.25) is 0 Å². The second-order valence-electron chi connectivity index (χ2n) is 3.95. The molecule has 1 aromatic rings. The third-order valence-corrected chi connectivity index (χ3v) is 2.69. The summed E-state index contributed by atoms with van der Waals surface area (Å²) in [4.78, 5) is 31.2. The number of ketones is 1. The molecule has 1 aromatic heterocycles. The van der Waals surface area contributed by atoms with E-state index in [1.165, 1.54) is 6.92 Å². The van der Waals surface area contributed by atoms with E-state index in [4.69, 9.17) is 5.73 Å². The highest BCUT2D eigenvalue weighted by atomic mass is 16.1. The molecule has 0 saturated carbocycles. The first-order valence-electron chi connectivity index (χ1n) is 5.46. The minimum Gasteiger partial charge on any atom is -0.391 e. The van der Waals surface area contributed by atoms with Gasteiger partial charge in [0.25, 0.3) is 5.56 Å². The van der Waals surface area contributed by atoms with Crippen molar-refractivity contribution in [2.75, 3.05) is 36.8 Å². The normalized spacial score (nSPS) is 15.9. The molecule has 0 radical (unpaired) electrons. The second kappa shape index (κ2) is 4.54. The fraction of sp³-hybridized carbons (Fsp3) is 0.500. The Bertz CT molecular complexity index is 490. The molecule has 2 rings (SSSR count). The van der Waals surface area contributed by atoms with Crippen molar-refractivity contribution in [2.24, 2.45) is 0 Å². The van der Waals surface area contributed by atoms with Gasteiger partial charge in [0, 0.05) is 33.1 Å². The van der Waals surface area contributed by atoms with Crippen molar-refractivity contribution in [3.63, 3.8) is 0 Å². The van der Waals surface area contributed by atoms with Gasteiger partial charge in [0.05, 0.1) is 0 Å². The van der Waals surface area contributed by atoms with Crippen molar-refractivity contribution in [2.45, 2.75) is 6.92 Å². The number of piperazine rings is 1. The van der Waals surface area contributed by atoms with Crippen molar-refractivity contribution >= 4 is 17.3 Å². The molecule has 7 heteroatoms. The molecule has 17 heavy (non-hydrogen) atoms. The molecular weight excluding hydrogens is 222 g/mol. The summed E-state index contributed by atoms with van der Waals surface area (Å²) in [5.74, 6) is 0.177. The Labute approximate surface area is 98.0 Å². The maximum atomic E-state index is 11.6. The van der Waals surface area contributed by atoms with E-state index < -0.39 is 5.56 Å². The summed E-state index contributed by atoms with van der Waals surface area (Å²) >= 11 is 0. The van der Waals surface area contributed by atoms with Gasteiger partial charge in [0.1, 0.15) is 5.69 Å². The van der Waals surface area contributed by atoms with E-state index in [9.17, 15) is 9.59 Å². The summed E-state index contributed by atoms with van der Waals surface area (Å²) in [5, 5.41) is 3.19. The number of carbonyl (C=O) groups excluding carboxylic acids is 1. The summed E-state index contributed by atoms with van der Waals surface area (Å²) < 4.78 is 0. The number of nitrogens with two attached hydrogens (primary N) is 1. The molecule has 7 nitrogen and oxygen atoms in total. The van der Waals surface area contributed by atoms with Crippen LogP contribution in [0, 0.1) is 0 Å². The zero-order valence-corrected chi connectivity index (χ0v) is 9.62. The number of H-pyrrole nitrogens is 1. The molecule has 2 heterocycles. The number of rotatable bonds is 2. The zero-order valence-electron chi connectivity index (χ0n) is 9.62. The van der Waals surface area contributed by atoms with Gasteiger partial charge in [0.15, 0.2) is 17.4 Å². The predicted molar refractivity (Wildman–Crippen MR) is 64.4 cm³/mol. The number of aromatic nitrogens is 2. The van der Waals surface area contributed by atoms with Crippen LogP contribution >= 0.6 is 0 Å². The van der Waals surface area contributed by atoms with Crippen molar-refractivity contribution in [3.8, 4) is 0 Å². The van der Waals surface area contributed by atoms with Crippen LogP contribution in [0.3, 0.4) is 0 Å². The van der Waals surface area contributed by atoms with E-state index in [0.29, 0.717) is 5.82 Å². The van der Waals surface area contributed by atoms with E-state index >= 15 is 0 Å². The van der Waals surface area contributed by atoms with Crippen LogP contribution < -0.4 is 21.5 Å². The topological polar surface area (TPSA) is 104 Å². The maximum absolute atomic E-state index is 11.6. The largest absolute Gasteiger partial charge is 0.391 e. The average Bonchev–Trinajstić information content (AvgIpc) is 2.33. The van der Waals surface area contributed by atoms with Gasteiger partial charge in [-0.25, -0.2) is 4.98 Å². The van der Waals surface area contributed by atoms with Crippen molar-refractivity contribution < 1.29 is 4.79 Å². The molecule has 0 aliphatic carbocycles. The molecule has 1 saturated heterocycles. The van der Waals surface area contributed by atoms with E-state index in [2.05, 4.69) is 15.3 Å². The number of anilines is 2. The molecule has 1 aliphatic heterocycles. The lowest BCUT2D eigenvalue weighted by Gasteiger charge is -2.29. The molecule has 4 N–H and O–H groups in total. The SMILES string of the molecule is CC(=O)c1nc(N2CCNCC2)c(N)c(=O)[nH]1. The van der Waals surface area contributed by atoms with Gasteiger partial charge in [0.2, 0.25) is 0 Å². The zero-order chi connectivity index (χ0) is 12.4. The van der Waals surface area contributed by atoms with Gasteiger partial charge in [-0.15, -0.1) is 0 Å². The first-order valence-corrected chi connectivity index (χ1v) is 5.46. The Kier molecular flexibility index (Phi) is 3.10. The number of nitrogens with zero attached hydrogens (tertiary/aromatic N) is 2. The third kappa shape index (κ3) is 2.28. The van der Waals surface area contributed by atoms with Gasteiger partial charge in [-0.2, -0.15) is 0 Å². The van der Waals surface area contributed by atoms with E-state index in [1.807, 2.05) is 4.90 Å². The van der Waals surface area contributed by atoms with Gasteiger partial charge in [-0.3, -0.25) is 9.59 Å². The third-order valence-electron chi connectivity index (χ3n) is 2.69. The highest BCUT2D eigenvalue weighted by Gasteiger charge is 2.18. The lowest BCUT2D eigenvalue weighted by Crippen LogP contribution is -2.45. The molecule has 0 spiro atoms. The van der Waals surface area contributed by atoms with E-state index in [0.717, 1.165) is 26.2 Å². The average molecular weight is 237 g/mol. The van der Waals surface area contributed by atoms with Crippen LogP contribution in [0.5, 0.6) is 0 Å². The Hall–Kier alpha value is -1.89. The quantitative estimate of drug-likeness (QED) is 0.568. The number of carbonyl (C=O) groups is 1. The van der Waals surface area contributed by atoms with Crippen molar-refractivity contribution in [3.05, 3.63) is 16.2 Å². The molecule has 0 bridgehead atoms. The molecule has 0 amide bonds. The number of nitrogens with one attached hydrogen (secondary N) is 2. The van der Waals surface area contributed by atoms with Crippen LogP contribution in [0.15, 0.2) is 4.79 Å². The molecule has 92 valence electrons. The first kappa shape index (κ1) is 11.6. The van der Waals surface area contributed by atoms with Gasteiger partial charge in [-0.1, -0.05) is 0 Å². The number of hydrogen-bond acceptors (Lipinski definition) is 6.